The van der Waals surface area contributed by atoms with E-state index in [9.17, 15) is 14.7 Å². The van der Waals surface area contributed by atoms with Crippen LogP contribution in [0.25, 0.3) is 0 Å². The van der Waals surface area contributed by atoms with E-state index in [0.717, 1.165) is 0 Å². The molecule has 0 bridgehead atoms. The van der Waals surface area contributed by atoms with Gasteiger partial charge >= 0.3 is 0 Å². The number of primary amides is 1. The van der Waals surface area contributed by atoms with Crippen LogP contribution < -0.4 is 5.73 Å². The summed E-state index contributed by atoms with van der Waals surface area (Å²) in [5.41, 5.74) is 5.61. The standard InChI is InChI=1S/C10H13N3O3/c11-10(16)6-3-4-12-7(5-6)13-8(14)1-2-9(13)15/h5,8,14H,1-4H2,(H2,11,16)/t8-/m1/s1. The third-order valence-electron chi connectivity index (χ3n) is 2.70. The molecule has 16 heavy (non-hydrogen) atoms. The van der Waals surface area contributed by atoms with Gasteiger partial charge in [0.2, 0.25) is 11.8 Å². The third-order valence-corrected chi connectivity index (χ3v) is 2.70. The van der Waals surface area contributed by atoms with Crippen molar-refractivity contribution in [3.63, 3.8) is 0 Å². The quantitative estimate of drug-likeness (QED) is 0.605. The van der Waals surface area contributed by atoms with E-state index in [2.05, 4.69) is 4.99 Å². The highest BCUT2D eigenvalue weighted by atomic mass is 16.3. The van der Waals surface area contributed by atoms with Crippen molar-refractivity contribution in [1.82, 2.24) is 4.90 Å². The number of aliphatic imine (C=N–C) groups is 1. The molecule has 0 radical (unpaired) electrons. The number of amides is 2. The fourth-order valence-corrected chi connectivity index (χ4v) is 1.85. The van der Waals surface area contributed by atoms with Crippen molar-refractivity contribution in [2.75, 3.05) is 6.54 Å². The van der Waals surface area contributed by atoms with Crippen LogP contribution in [0.3, 0.4) is 0 Å². The zero-order chi connectivity index (χ0) is 11.7. The van der Waals surface area contributed by atoms with E-state index in [1.165, 1.54) is 11.0 Å². The van der Waals surface area contributed by atoms with E-state index in [1.54, 1.807) is 0 Å². The number of hydrogen-bond acceptors (Lipinski definition) is 4. The molecule has 2 rings (SSSR count). The predicted octanol–water partition coefficient (Wildman–Crippen LogP) is -0.859. The predicted molar refractivity (Wildman–Crippen MR) is 56.3 cm³/mol. The number of nitrogens with zero attached hydrogens (tertiary/aromatic N) is 2. The molecule has 6 heteroatoms. The van der Waals surface area contributed by atoms with Crippen molar-refractivity contribution in [1.29, 1.82) is 0 Å². The van der Waals surface area contributed by atoms with Crippen LogP contribution >= 0.6 is 0 Å². The number of hydrogen-bond donors (Lipinski definition) is 2. The Labute approximate surface area is 92.4 Å². The number of amidine groups is 1. The smallest absolute Gasteiger partial charge is 0.244 e. The number of rotatable bonds is 1. The summed E-state index contributed by atoms with van der Waals surface area (Å²) in [6, 6.07) is 0. The van der Waals surface area contributed by atoms with Crippen molar-refractivity contribution in [2.45, 2.75) is 25.5 Å². The minimum atomic E-state index is -0.838. The van der Waals surface area contributed by atoms with Crippen LogP contribution in [0, 0.1) is 0 Å². The highest BCUT2D eigenvalue weighted by molar-refractivity contribution is 6.09. The molecule has 0 saturated carbocycles. The Kier molecular flexibility index (Phi) is 2.74. The molecule has 0 aromatic carbocycles. The number of likely N-dealkylation sites (tertiary alicyclic amines) is 1. The first-order valence-electron chi connectivity index (χ1n) is 5.14. The second kappa shape index (κ2) is 4.05. The van der Waals surface area contributed by atoms with Gasteiger partial charge in [0.1, 0.15) is 12.1 Å². The number of aliphatic hydroxyl groups excluding tert-OH is 1. The molecule has 3 N–H and O–H groups in total. The van der Waals surface area contributed by atoms with Crippen molar-refractivity contribution >= 4 is 17.6 Å². The number of dihydropyridines is 1. The van der Waals surface area contributed by atoms with E-state index in [0.29, 0.717) is 37.2 Å². The second-order valence-corrected chi connectivity index (χ2v) is 3.81. The molecule has 1 fully saturated rings. The van der Waals surface area contributed by atoms with Crippen LogP contribution in [0.2, 0.25) is 0 Å². The molecule has 1 saturated heterocycles. The lowest BCUT2D eigenvalue weighted by atomic mass is 10.1. The SMILES string of the molecule is NC(=O)C1=CC(N2C(=O)CC[C@H]2O)=NCC1. The highest BCUT2D eigenvalue weighted by Gasteiger charge is 2.33. The highest BCUT2D eigenvalue weighted by Crippen LogP contribution is 2.20. The zero-order valence-corrected chi connectivity index (χ0v) is 8.72. The van der Waals surface area contributed by atoms with Gasteiger partial charge < -0.3 is 10.8 Å². The van der Waals surface area contributed by atoms with Crippen LogP contribution in [0.4, 0.5) is 0 Å². The van der Waals surface area contributed by atoms with Crippen LogP contribution in [0.5, 0.6) is 0 Å². The van der Waals surface area contributed by atoms with E-state index in [1.807, 2.05) is 0 Å². The normalized spacial score (nSPS) is 25.4. The number of nitrogens with two attached hydrogens (primary N) is 1. The summed E-state index contributed by atoms with van der Waals surface area (Å²) in [5.74, 6) is -0.336. The summed E-state index contributed by atoms with van der Waals surface area (Å²) >= 11 is 0. The van der Waals surface area contributed by atoms with Crippen LogP contribution in [0.15, 0.2) is 16.6 Å². The lowest BCUT2D eigenvalue weighted by Gasteiger charge is -2.23. The molecule has 6 nitrogen and oxygen atoms in total. The third kappa shape index (κ3) is 1.83. The Morgan fingerprint density at radius 1 is 1.56 bits per heavy atom. The van der Waals surface area contributed by atoms with Crippen LogP contribution in [-0.2, 0) is 9.59 Å². The number of carbonyl (C=O) groups is 2. The second-order valence-electron chi connectivity index (χ2n) is 3.81. The molecular weight excluding hydrogens is 210 g/mol. The molecule has 1 atom stereocenters. The van der Waals surface area contributed by atoms with Crippen molar-refractivity contribution in [3.8, 4) is 0 Å². The Morgan fingerprint density at radius 2 is 2.31 bits per heavy atom. The minimum Gasteiger partial charge on any atom is -0.373 e. The van der Waals surface area contributed by atoms with Gasteiger partial charge in [0.05, 0.1) is 0 Å². The van der Waals surface area contributed by atoms with Crippen LogP contribution in [-0.4, -0.2) is 40.4 Å². The molecule has 2 amide bonds. The molecule has 2 aliphatic rings. The van der Waals surface area contributed by atoms with Gasteiger partial charge in [0, 0.05) is 25.0 Å². The fraction of sp³-hybridized carbons (Fsp3) is 0.500. The minimum absolute atomic E-state index is 0.173. The van der Waals surface area contributed by atoms with Crippen LogP contribution in [0.1, 0.15) is 19.3 Å². The van der Waals surface area contributed by atoms with Gasteiger partial charge in [-0.05, 0) is 12.5 Å². The van der Waals surface area contributed by atoms with Crippen molar-refractivity contribution in [3.05, 3.63) is 11.6 Å². The van der Waals surface area contributed by atoms with Crippen molar-refractivity contribution in [2.24, 2.45) is 10.7 Å². The average Bonchev–Trinajstić information content (AvgIpc) is 2.59. The monoisotopic (exact) mass is 223 g/mol. The summed E-state index contributed by atoms with van der Waals surface area (Å²) in [4.78, 5) is 27.9. The lowest BCUT2D eigenvalue weighted by Crippen LogP contribution is -2.39. The Morgan fingerprint density at radius 3 is 2.88 bits per heavy atom. The van der Waals surface area contributed by atoms with E-state index >= 15 is 0 Å². The topological polar surface area (TPSA) is 96.0 Å². The Hall–Kier alpha value is -1.69. The maximum Gasteiger partial charge on any atom is 0.244 e. The lowest BCUT2D eigenvalue weighted by molar-refractivity contribution is -0.127. The average molecular weight is 223 g/mol. The molecule has 2 heterocycles. The molecular formula is C10H13N3O3. The van der Waals surface area contributed by atoms with E-state index in [-0.39, 0.29) is 5.91 Å². The van der Waals surface area contributed by atoms with Gasteiger partial charge in [-0.1, -0.05) is 0 Å². The summed E-state index contributed by atoms with van der Waals surface area (Å²) < 4.78 is 0. The maximum atomic E-state index is 11.5. The molecule has 0 aromatic heterocycles. The molecule has 86 valence electrons. The molecule has 2 aliphatic heterocycles. The molecule has 0 unspecified atom stereocenters. The fourth-order valence-electron chi connectivity index (χ4n) is 1.85. The summed E-state index contributed by atoms with van der Waals surface area (Å²) in [6.07, 6.45) is 1.84. The van der Waals surface area contributed by atoms with Gasteiger partial charge in [0.15, 0.2) is 0 Å². The number of aliphatic hydroxyl groups is 1. The summed E-state index contributed by atoms with van der Waals surface area (Å²) in [7, 11) is 0. The van der Waals surface area contributed by atoms with E-state index in [4.69, 9.17) is 5.73 Å². The summed E-state index contributed by atoms with van der Waals surface area (Å²) in [5, 5.41) is 9.62. The summed E-state index contributed by atoms with van der Waals surface area (Å²) in [6.45, 7) is 0.417. The van der Waals surface area contributed by atoms with Crippen molar-refractivity contribution < 1.29 is 14.7 Å². The Balaban J connectivity index is 2.24. The molecule has 0 aliphatic carbocycles. The van der Waals surface area contributed by atoms with Gasteiger partial charge in [-0.25, -0.2) is 0 Å². The first kappa shape index (κ1) is 10.8. The molecule has 0 spiro atoms. The van der Waals surface area contributed by atoms with E-state index < -0.39 is 12.1 Å². The van der Waals surface area contributed by atoms with Gasteiger partial charge in [-0.15, -0.1) is 0 Å². The van der Waals surface area contributed by atoms with Gasteiger partial charge in [-0.2, -0.15) is 0 Å². The molecule has 0 aromatic rings. The first-order chi connectivity index (χ1) is 7.59. The largest absolute Gasteiger partial charge is 0.373 e. The zero-order valence-electron chi connectivity index (χ0n) is 8.72. The van der Waals surface area contributed by atoms with Gasteiger partial charge in [0.25, 0.3) is 0 Å². The Bertz CT molecular complexity index is 400. The first-order valence-corrected chi connectivity index (χ1v) is 5.14. The van der Waals surface area contributed by atoms with Gasteiger partial charge in [-0.3, -0.25) is 19.5 Å². The number of carbonyl (C=O) groups excluding carboxylic acids is 2. The maximum absolute atomic E-state index is 11.5.